The second-order valence-electron chi connectivity index (χ2n) is 6.66. The summed E-state index contributed by atoms with van der Waals surface area (Å²) < 4.78 is 0. The van der Waals surface area contributed by atoms with E-state index in [4.69, 9.17) is 0 Å². The van der Waals surface area contributed by atoms with Crippen LogP contribution in [0.4, 0.5) is 0 Å². The van der Waals surface area contributed by atoms with Gasteiger partial charge in [0.15, 0.2) is 0 Å². The van der Waals surface area contributed by atoms with Crippen molar-refractivity contribution in [1.29, 1.82) is 0 Å². The molecule has 0 aromatic heterocycles. The minimum absolute atomic E-state index is 0.365. The highest BCUT2D eigenvalue weighted by atomic mass is 16.3. The zero-order valence-corrected chi connectivity index (χ0v) is 12.0. The Hall–Kier alpha value is -0.0800. The van der Waals surface area contributed by atoms with Crippen molar-refractivity contribution in [3.8, 4) is 0 Å². The van der Waals surface area contributed by atoms with Crippen LogP contribution in [0, 0.1) is 5.41 Å². The minimum atomic E-state index is -0.403. The van der Waals surface area contributed by atoms with Crippen LogP contribution in [0.25, 0.3) is 0 Å². The fraction of sp³-hybridized carbons (Fsp3) is 1.00. The van der Waals surface area contributed by atoms with Crippen LogP contribution in [0.3, 0.4) is 0 Å². The van der Waals surface area contributed by atoms with Crippen molar-refractivity contribution in [2.45, 2.75) is 77.7 Å². The monoisotopic (exact) mass is 241 g/mol. The summed E-state index contributed by atoms with van der Waals surface area (Å²) in [6.45, 7) is 8.72. The van der Waals surface area contributed by atoms with Gasteiger partial charge in [0.2, 0.25) is 0 Å². The number of rotatable bonds is 8. The summed E-state index contributed by atoms with van der Waals surface area (Å²) in [5.41, 5.74) is -0.0381. The maximum atomic E-state index is 10.2. The summed E-state index contributed by atoms with van der Waals surface area (Å²) in [5.74, 6) is 0. The number of aliphatic hydroxyl groups is 1. The molecule has 1 saturated carbocycles. The summed E-state index contributed by atoms with van der Waals surface area (Å²) in [6, 6.07) is 0. The topological polar surface area (TPSA) is 32.3 Å². The van der Waals surface area contributed by atoms with Crippen molar-refractivity contribution >= 4 is 0 Å². The SMILES string of the molecule is CCCCCC(C)(C)CNCC1(O)CCCC1. The number of hydrogen-bond acceptors (Lipinski definition) is 2. The lowest BCUT2D eigenvalue weighted by atomic mass is 9.86. The van der Waals surface area contributed by atoms with E-state index in [2.05, 4.69) is 26.1 Å². The third kappa shape index (κ3) is 5.87. The van der Waals surface area contributed by atoms with E-state index in [9.17, 15) is 5.11 Å². The molecule has 1 aliphatic carbocycles. The van der Waals surface area contributed by atoms with Gasteiger partial charge in [-0.2, -0.15) is 0 Å². The van der Waals surface area contributed by atoms with Crippen LogP contribution in [-0.2, 0) is 0 Å². The van der Waals surface area contributed by atoms with E-state index in [1.165, 1.54) is 38.5 Å². The fourth-order valence-electron chi connectivity index (χ4n) is 2.79. The van der Waals surface area contributed by atoms with Gasteiger partial charge in [-0.15, -0.1) is 0 Å². The van der Waals surface area contributed by atoms with Crippen molar-refractivity contribution in [2.24, 2.45) is 5.41 Å². The molecule has 0 spiro atoms. The molecule has 2 nitrogen and oxygen atoms in total. The Bertz CT molecular complexity index is 207. The lowest BCUT2D eigenvalue weighted by Gasteiger charge is -2.28. The average Bonchev–Trinajstić information content (AvgIpc) is 2.65. The molecule has 0 aromatic rings. The number of unbranched alkanes of at least 4 members (excludes halogenated alkanes) is 2. The Morgan fingerprint density at radius 1 is 1.18 bits per heavy atom. The zero-order valence-electron chi connectivity index (χ0n) is 12.0. The van der Waals surface area contributed by atoms with Crippen LogP contribution in [0.2, 0.25) is 0 Å². The smallest absolute Gasteiger partial charge is 0.0771 e. The molecule has 0 aliphatic heterocycles. The minimum Gasteiger partial charge on any atom is -0.389 e. The van der Waals surface area contributed by atoms with Gasteiger partial charge in [0, 0.05) is 13.1 Å². The molecule has 0 bridgehead atoms. The van der Waals surface area contributed by atoms with Crippen molar-refractivity contribution in [3.63, 3.8) is 0 Å². The van der Waals surface area contributed by atoms with E-state index >= 15 is 0 Å². The van der Waals surface area contributed by atoms with E-state index < -0.39 is 5.60 Å². The third-order valence-corrected chi connectivity index (χ3v) is 4.05. The lowest BCUT2D eigenvalue weighted by Crippen LogP contribution is -2.41. The van der Waals surface area contributed by atoms with E-state index in [0.29, 0.717) is 5.41 Å². The predicted molar refractivity (Wildman–Crippen MR) is 74.2 cm³/mol. The zero-order chi connectivity index (χ0) is 12.8. The Morgan fingerprint density at radius 3 is 2.41 bits per heavy atom. The van der Waals surface area contributed by atoms with Gasteiger partial charge in [0.25, 0.3) is 0 Å². The molecule has 1 aliphatic rings. The maximum absolute atomic E-state index is 10.2. The quantitative estimate of drug-likeness (QED) is 0.638. The fourth-order valence-corrected chi connectivity index (χ4v) is 2.79. The molecule has 2 heteroatoms. The van der Waals surface area contributed by atoms with Gasteiger partial charge in [-0.1, -0.05) is 52.9 Å². The molecule has 0 unspecified atom stereocenters. The largest absolute Gasteiger partial charge is 0.389 e. The molecule has 0 amide bonds. The molecule has 102 valence electrons. The van der Waals surface area contributed by atoms with Crippen LogP contribution in [-0.4, -0.2) is 23.8 Å². The van der Waals surface area contributed by atoms with Gasteiger partial charge in [-0.3, -0.25) is 0 Å². The van der Waals surface area contributed by atoms with Gasteiger partial charge >= 0.3 is 0 Å². The molecule has 0 aromatic carbocycles. The van der Waals surface area contributed by atoms with E-state index in [1.807, 2.05) is 0 Å². The van der Waals surface area contributed by atoms with E-state index in [1.54, 1.807) is 0 Å². The Kier molecular flexibility index (Phi) is 5.94. The van der Waals surface area contributed by atoms with Gasteiger partial charge < -0.3 is 10.4 Å². The second-order valence-corrected chi connectivity index (χ2v) is 6.66. The molecule has 0 radical (unpaired) electrons. The van der Waals surface area contributed by atoms with Crippen LogP contribution < -0.4 is 5.32 Å². The van der Waals surface area contributed by atoms with Gasteiger partial charge in [0.05, 0.1) is 5.60 Å². The molecular formula is C15H31NO. The number of nitrogens with one attached hydrogen (secondary N) is 1. The highest BCUT2D eigenvalue weighted by Crippen LogP contribution is 2.29. The van der Waals surface area contributed by atoms with Crippen LogP contribution in [0.5, 0.6) is 0 Å². The lowest BCUT2D eigenvalue weighted by molar-refractivity contribution is 0.0451. The Morgan fingerprint density at radius 2 is 1.82 bits per heavy atom. The first-order valence-electron chi connectivity index (χ1n) is 7.41. The summed E-state index contributed by atoms with van der Waals surface area (Å²) >= 11 is 0. The third-order valence-electron chi connectivity index (χ3n) is 4.05. The van der Waals surface area contributed by atoms with E-state index in [0.717, 1.165) is 25.9 Å². The summed E-state index contributed by atoms with van der Waals surface area (Å²) in [5, 5.41) is 13.7. The highest BCUT2D eigenvalue weighted by molar-refractivity contribution is 4.87. The van der Waals surface area contributed by atoms with Crippen molar-refractivity contribution < 1.29 is 5.11 Å². The van der Waals surface area contributed by atoms with Crippen molar-refractivity contribution in [2.75, 3.05) is 13.1 Å². The predicted octanol–water partition coefficient (Wildman–Crippen LogP) is 3.49. The normalized spacial score (nSPS) is 19.8. The van der Waals surface area contributed by atoms with Crippen LogP contribution in [0.15, 0.2) is 0 Å². The van der Waals surface area contributed by atoms with E-state index in [-0.39, 0.29) is 0 Å². The molecular weight excluding hydrogens is 210 g/mol. The highest BCUT2D eigenvalue weighted by Gasteiger charge is 2.31. The maximum Gasteiger partial charge on any atom is 0.0771 e. The Labute approximate surface area is 107 Å². The molecule has 0 atom stereocenters. The summed E-state index contributed by atoms with van der Waals surface area (Å²) in [4.78, 5) is 0. The number of hydrogen-bond donors (Lipinski definition) is 2. The van der Waals surface area contributed by atoms with Crippen molar-refractivity contribution in [1.82, 2.24) is 5.32 Å². The first-order chi connectivity index (χ1) is 7.97. The molecule has 1 rings (SSSR count). The van der Waals surface area contributed by atoms with Gasteiger partial charge in [-0.05, 0) is 24.7 Å². The second kappa shape index (κ2) is 6.75. The summed E-state index contributed by atoms with van der Waals surface area (Å²) in [6.07, 6.45) is 9.60. The van der Waals surface area contributed by atoms with Crippen molar-refractivity contribution in [3.05, 3.63) is 0 Å². The molecule has 17 heavy (non-hydrogen) atoms. The van der Waals surface area contributed by atoms with Gasteiger partial charge in [0.1, 0.15) is 0 Å². The Balaban J connectivity index is 2.15. The molecule has 2 N–H and O–H groups in total. The van der Waals surface area contributed by atoms with Crippen LogP contribution >= 0.6 is 0 Å². The first kappa shape index (κ1) is 15.0. The van der Waals surface area contributed by atoms with Crippen LogP contribution in [0.1, 0.15) is 72.1 Å². The molecule has 0 saturated heterocycles. The first-order valence-corrected chi connectivity index (χ1v) is 7.41. The standard InChI is InChI=1S/C15H31NO/c1-4-5-6-9-14(2,3)12-16-13-15(17)10-7-8-11-15/h16-17H,4-13H2,1-3H3. The average molecular weight is 241 g/mol. The van der Waals surface area contributed by atoms with Gasteiger partial charge in [-0.25, -0.2) is 0 Å². The summed E-state index contributed by atoms with van der Waals surface area (Å²) in [7, 11) is 0. The molecule has 1 fully saturated rings. The molecule has 0 heterocycles.